The summed E-state index contributed by atoms with van der Waals surface area (Å²) >= 11 is 0. The largest absolute Gasteiger partial charge is 0.481 e. The third-order valence-corrected chi connectivity index (χ3v) is 9.18. The first kappa shape index (κ1) is 50.5. The lowest BCUT2D eigenvalue weighted by molar-refractivity contribution is -0.385. The molecule has 5 rings (SSSR count). The van der Waals surface area contributed by atoms with Crippen molar-refractivity contribution in [2.75, 3.05) is 6.61 Å². The highest BCUT2D eigenvalue weighted by Crippen LogP contribution is 2.20. The predicted molar refractivity (Wildman–Crippen MR) is 229 cm³/mol. The molecular weight excluding hydrogens is 837 g/mol. The number of esters is 2. The molecule has 0 unspecified atom stereocenters. The molecule has 0 aliphatic carbocycles. The zero-order valence-corrected chi connectivity index (χ0v) is 34.3. The van der Waals surface area contributed by atoms with Crippen molar-refractivity contribution in [1.29, 1.82) is 0 Å². The minimum Gasteiger partial charge on any atom is -0.481 e. The van der Waals surface area contributed by atoms with E-state index in [4.69, 9.17) is 20.3 Å². The van der Waals surface area contributed by atoms with Crippen molar-refractivity contribution in [3.05, 3.63) is 192 Å². The van der Waals surface area contributed by atoms with Gasteiger partial charge >= 0.3 is 23.9 Å². The maximum Gasteiger partial charge on any atom is 0.320 e. The van der Waals surface area contributed by atoms with Crippen molar-refractivity contribution in [2.24, 2.45) is 17.6 Å². The molecule has 19 nitrogen and oxygen atoms in total. The lowest BCUT2D eigenvalue weighted by Crippen LogP contribution is -2.32. The number of hydrogen-bond donors (Lipinski definition) is 4. The quantitative estimate of drug-likeness (QED) is 0.0373. The van der Waals surface area contributed by atoms with Gasteiger partial charge in [-0.2, -0.15) is 0 Å². The number of nitrogens with zero attached hydrogens (tertiary/aromatic N) is 3. The Labute approximate surface area is 366 Å². The fourth-order valence-corrected chi connectivity index (χ4v) is 5.70. The third-order valence-electron chi connectivity index (χ3n) is 9.18. The van der Waals surface area contributed by atoms with Crippen molar-refractivity contribution in [3.63, 3.8) is 0 Å². The van der Waals surface area contributed by atoms with Gasteiger partial charge in [-0.3, -0.25) is 49.5 Å². The summed E-state index contributed by atoms with van der Waals surface area (Å²) < 4.78 is 10.3. The van der Waals surface area contributed by atoms with Crippen LogP contribution in [0.15, 0.2) is 133 Å². The number of non-ortho nitro benzene ring substituents is 3. The number of ether oxygens (including phenoxy) is 2. The number of carbonyl (C=O) groups is 4. The van der Waals surface area contributed by atoms with Crippen LogP contribution in [0.5, 0.6) is 0 Å². The van der Waals surface area contributed by atoms with E-state index in [9.17, 15) is 59.7 Å². The molecule has 19 heteroatoms. The van der Waals surface area contributed by atoms with Gasteiger partial charge in [0.15, 0.2) is 0 Å². The molecule has 5 aromatic rings. The second-order valence-corrected chi connectivity index (χ2v) is 14.1. The van der Waals surface area contributed by atoms with Gasteiger partial charge in [0.05, 0.1) is 33.5 Å². The molecule has 0 aliphatic rings. The van der Waals surface area contributed by atoms with Gasteiger partial charge in [-0.25, -0.2) is 0 Å². The number of nitro groups is 3. The summed E-state index contributed by atoms with van der Waals surface area (Å²) in [6.45, 7) is 0.135. The van der Waals surface area contributed by atoms with Crippen LogP contribution < -0.4 is 5.73 Å². The van der Waals surface area contributed by atoms with Crippen LogP contribution in [0.1, 0.15) is 40.7 Å². The molecule has 5 N–H and O–H groups in total. The number of benzene rings is 5. The Morgan fingerprint density at radius 3 is 1.20 bits per heavy atom. The molecule has 336 valence electrons. The van der Waals surface area contributed by atoms with Crippen LogP contribution >= 0.6 is 0 Å². The van der Waals surface area contributed by atoms with E-state index >= 15 is 0 Å². The van der Waals surface area contributed by atoms with Crippen molar-refractivity contribution in [3.8, 4) is 0 Å². The molecule has 5 aromatic carbocycles. The Bertz CT molecular complexity index is 2290. The van der Waals surface area contributed by atoms with Crippen LogP contribution in [-0.2, 0) is 61.1 Å². The zero-order chi connectivity index (χ0) is 47.0. The lowest BCUT2D eigenvalue weighted by atomic mass is 9.96. The lowest BCUT2D eigenvalue weighted by Gasteiger charge is -2.13. The Kier molecular flexibility index (Phi) is 20.8. The van der Waals surface area contributed by atoms with E-state index in [1.807, 2.05) is 48.5 Å². The summed E-state index contributed by atoms with van der Waals surface area (Å²) in [4.78, 5) is 75.7. The molecule has 64 heavy (non-hydrogen) atoms. The van der Waals surface area contributed by atoms with Crippen molar-refractivity contribution in [1.82, 2.24) is 0 Å². The van der Waals surface area contributed by atoms with Gasteiger partial charge in [0, 0.05) is 43.0 Å². The van der Waals surface area contributed by atoms with Gasteiger partial charge < -0.3 is 30.5 Å². The second kappa shape index (κ2) is 26.4. The Balaban J connectivity index is 0.000000264. The summed E-state index contributed by atoms with van der Waals surface area (Å²) in [5, 5.41) is 58.9. The normalized spacial score (nSPS) is 11.7. The number of carbonyl (C=O) groups excluding carboxylic acids is 2. The molecule has 0 aromatic heterocycles. The van der Waals surface area contributed by atoms with Crippen LogP contribution in [0.4, 0.5) is 17.1 Å². The fourth-order valence-electron chi connectivity index (χ4n) is 5.70. The number of carboxylic acids is 2. The smallest absolute Gasteiger partial charge is 0.320 e. The first-order chi connectivity index (χ1) is 30.5. The van der Waals surface area contributed by atoms with Gasteiger partial charge in [0.25, 0.3) is 17.1 Å². The Morgan fingerprint density at radius 1 is 0.500 bits per heavy atom. The molecular formula is C45H46N4O15. The van der Waals surface area contributed by atoms with Gasteiger partial charge in [0.2, 0.25) is 0 Å². The summed E-state index contributed by atoms with van der Waals surface area (Å²) in [7, 11) is 0. The third kappa shape index (κ3) is 18.8. The highest BCUT2D eigenvalue weighted by atomic mass is 16.6. The van der Waals surface area contributed by atoms with Crippen molar-refractivity contribution in [2.45, 2.75) is 51.4 Å². The molecule has 0 spiro atoms. The maximum atomic E-state index is 11.9. The van der Waals surface area contributed by atoms with E-state index in [2.05, 4.69) is 0 Å². The summed E-state index contributed by atoms with van der Waals surface area (Å²) in [5.41, 5.74) is 9.05. The fraction of sp³-hybridized carbons (Fsp3) is 0.244. The first-order valence-corrected chi connectivity index (χ1v) is 19.5. The molecule has 0 bridgehead atoms. The van der Waals surface area contributed by atoms with Crippen molar-refractivity contribution >= 4 is 40.9 Å². The molecule has 3 atom stereocenters. The number of carboxylic acid groups (broad SMARTS) is 2. The molecule has 0 radical (unpaired) electrons. The van der Waals surface area contributed by atoms with E-state index in [1.165, 1.54) is 60.7 Å². The van der Waals surface area contributed by atoms with Gasteiger partial charge in [0.1, 0.15) is 19.3 Å². The monoisotopic (exact) mass is 882 g/mol. The zero-order valence-electron chi connectivity index (χ0n) is 34.3. The topological polar surface area (TPSA) is 303 Å². The number of aliphatic hydroxyl groups excluding tert-OH is 1. The minimum atomic E-state index is -1.12. The van der Waals surface area contributed by atoms with Gasteiger partial charge in [-0.15, -0.1) is 0 Å². The maximum absolute atomic E-state index is 11.9. The average molecular weight is 883 g/mol. The summed E-state index contributed by atoms with van der Waals surface area (Å²) in [6, 6.07) is 34.8. The van der Waals surface area contributed by atoms with Crippen LogP contribution in [0.3, 0.4) is 0 Å². The molecule has 0 aliphatic heterocycles. The van der Waals surface area contributed by atoms with Crippen LogP contribution in [-0.4, -0.2) is 66.6 Å². The van der Waals surface area contributed by atoms with Gasteiger partial charge in [-0.1, -0.05) is 97.1 Å². The molecule has 0 fully saturated rings. The Morgan fingerprint density at radius 2 is 0.859 bits per heavy atom. The number of hydrogen-bond acceptors (Lipinski definition) is 14. The van der Waals surface area contributed by atoms with Gasteiger partial charge in [-0.05, 0) is 53.0 Å². The summed E-state index contributed by atoms with van der Waals surface area (Å²) in [6.07, 6.45) is 0.537. The predicted octanol–water partition coefficient (Wildman–Crippen LogP) is 6.40. The van der Waals surface area contributed by atoms with Crippen LogP contribution in [0.2, 0.25) is 0 Å². The molecule has 0 amide bonds. The van der Waals surface area contributed by atoms with E-state index in [0.717, 1.165) is 16.7 Å². The average Bonchev–Trinajstić information content (AvgIpc) is 3.28. The van der Waals surface area contributed by atoms with E-state index in [-0.39, 0.29) is 74.5 Å². The number of rotatable bonds is 20. The number of aliphatic carboxylic acids is 2. The SMILES string of the molecule is N[C@@H](Cc1ccc([N+](=O)[O-])cc1)C(=O)O.O=C(C[C@@H](Cc1ccc([N+](=O)[O-])cc1)C(=O)O)OCc1ccccc1.O=C(C[C@H](CO)Cc1ccc([N+](=O)[O-])cc1)OCc1ccccc1. The minimum absolute atomic E-state index is 0.0153. The van der Waals surface area contributed by atoms with E-state index < -0.39 is 44.6 Å². The number of nitrogens with two attached hydrogens (primary N) is 1. The van der Waals surface area contributed by atoms with Crippen LogP contribution in [0.25, 0.3) is 0 Å². The highest BCUT2D eigenvalue weighted by molar-refractivity contribution is 5.79. The highest BCUT2D eigenvalue weighted by Gasteiger charge is 2.23. The summed E-state index contributed by atoms with van der Waals surface area (Å²) in [5.74, 6) is -4.42. The van der Waals surface area contributed by atoms with Crippen molar-refractivity contribution < 1.29 is 58.7 Å². The molecule has 0 saturated carbocycles. The second-order valence-electron chi connectivity index (χ2n) is 14.1. The number of nitro benzene ring substituents is 3. The Hall–Kier alpha value is -7.90. The standard InChI is InChI=1S/C18H17NO6.C18H19NO5.C9H10N2O4/c20-17(25-12-14-4-2-1-3-5-14)11-15(18(21)22)10-13-6-8-16(9-7-13)19(23)24;20-12-16(10-14-6-8-17(9-7-14)19(22)23)11-18(21)24-13-15-4-2-1-3-5-15;10-8(9(12)13)5-6-1-3-7(4-2-6)11(14)15/h1-9,15H,10-12H2,(H,21,22);1-9,16,20H,10-13H2;1-4,8H,5,10H2,(H,12,13)/t15-;16-;8-/m110/s1. The first-order valence-electron chi connectivity index (χ1n) is 19.5. The molecule has 0 heterocycles. The molecule has 0 saturated heterocycles. The van der Waals surface area contributed by atoms with E-state index in [1.54, 1.807) is 24.3 Å². The number of aliphatic hydroxyl groups is 1. The van der Waals surface area contributed by atoms with Crippen LogP contribution in [0, 0.1) is 42.2 Å². The van der Waals surface area contributed by atoms with E-state index in [0.29, 0.717) is 17.5 Å².